The molecule has 3 aromatic carbocycles. The van der Waals surface area contributed by atoms with Gasteiger partial charge in [0.25, 0.3) is 0 Å². The summed E-state index contributed by atoms with van der Waals surface area (Å²) in [6, 6.07) is 22.6. The van der Waals surface area contributed by atoms with Crippen molar-refractivity contribution in [1.29, 1.82) is 0 Å². The number of hydrogen-bond acceptors (Lipinski definition) is 2. The van der Waals surface area contributed by atoms with Gasteiger partial charge in [-0.05, 0) is 47.7 Å². The maximum atomic E-state index is 13.6. The largest absolute Gasteiger partial charge is 0.357 e. The summed E-state index contributed by atoms with van der Waals surface area (Å²) in [5.74, 6) is -0.313. The number of nitrogens with zero attached hydrogens (tertiary/aromatic N) is 1. The first-order valence-corrected chi connectivity index (χ1v) is 11.1. The predicted octanol–water partition coefficient (Wildman–Crippen LogP) is 4.89. The van der Waals surface area contributed by atoms with Crippen molar-refractivity contribution in [2.75, 3.05) is 7.05 Å². The topological polar surface area (TPSA) is 49.4 Å². The Bertz CT molecular complexity index is 1080. The van der Waals surface area contributed by atoms with Crippen molar-refractivity contribution in [3.63, 3.8) is 0 Å². The number of nitrogens with one attached hydrogen (secondary N) is 1. The maximum Gasteiger partial charge on any atom is 0.242 e. The van der Waals surface area contributed by atoms with Crippen LogP contribution in [0.5, 0.6) is 0 Å². The van der Waals surface area contributed by atoms with E-state index >= 15 is 0 Å². The van der Waals surface area contributed by atoms with Gasteiger partial charge in [0.2, 0.25) is 11.8 Å². The normalized spacial score (nSPS) is 11.6. The fraction of sp³-hybridized carbons (Fsp3) is 0.259. The van der Waals surface area contributed by atoms with Crippen LogP contribution in [0.3, 0.4) is 0 Å². The third kappa shape index (κ3) is 5.98. The summed E-state index contributed by atoms with van der Waals surface area (Å²) < 4.78 is 0. The van der Waals surface area contributed by atoms with E-state index in [9.17, 15) is 9.59 Å². The van der Waals surface area contributed by atoms with Gasteiger partial charge in [-0.2, -0.15) is 0 Å². The van der Waals surface area contributed by atoms with Crippen molar-refractivity contribution < 1.29 is 9.59 Å². The summed E-state index contributed by atoms with van der Waals surface area (Å²) in [7, 11) is 1.60. The monoisotopic (exact) mass is 448 g/mol. The van der Waals surface area contributed by atoms with Crippen molar-refractivity contribution in [3.8, 4) is 0 Å². The van der Waals surface area contributed by atoms with Gasteiger partial charge < -0.3 is 10.2 Å². The zero-order chi connectivity index (χ0) is 23.1. The summed E-state index contributed by atoms with van der Waals surface area (Å²) in [5.41, 5.74) is 5.05. The number of hydrogen-bond donors (Lipinski definition) is 1. The molecule has 2 amide bonds. The fourth-order valence-electron chi connectivity index (χ4n) is 3.72. The minimum absolute atomic E-state index is 0.113. The highest BCUT2D eigenvalue weighted by atomic mass is 35.5. The smallest absolute Gasteiger partial charge is 0.242 e. The molecule has 166 valence electrons. The Hall–Kier alpha value is -3.11. The number of halogens is 1. The molecule has 1 atom stereocenters. The number of amides is 2. The van der Waals surface area contributed by atoms with Gasteiger partial charge in [0.05, 0.1) is 6.42 Å². The zero-order valence-electron chi connectivity index (χ0n) is 18.8. The molecule has 0 aliphatic heterocycles. The van der Waals surface area contributed by atoms with Crippen LogP contribution in [0.2, 0.25) is 5.02 Å². The number of aryl methyl sites for hydroxylation is 2. The van der Waals surface area contributed by atoms with Crippen LogP contribution < -0.4 is 5.32 Å². The van der Waals surface area contributed by atoms with Crippen LogP contribution in [0.1, 0.15) is 27.8 Å². The molecule has 0 fully saturated rings. The first-order chi connectivity index (χ1) is 15.4. The minimum atomic E-state index is -0.655. The molecule has 3 rings (SSSR count). The first kappa shape index (κ1) is 23.6. The molecule has 0 saturated carbocycles. The van der Waals surface area contributed by atoms with Crippen LogP contribution in [0.25, 0.3) is 0 Å². The molecule has 0 aliphatic carbocycles. The van der Waals surface area contributed by atoms with Gasteiger partial charge in [-0.25, -0.2) is 0 Å². The molecular weight excluding hydrogens is 420 g/mol. The Kier molecular flexibility index (Phi) is 8.07. The van der Waals surface area contributed by atoms with E-state index in [1.54, 1.807) is 18.0 Å². The summed E-state index contributed by atoms with van der Waals surface area (Å²) in [6.07, 6.45) is 0.636. The highest BCUT2D eigenvalue weighted by Gasteiger charge is 2.30. The number of carbonyl (C=O) groups excluding carboxylic acids is 2. The van der Waals surface area contributed by atoms with E-state index in [4.69, 9.17) is 11.6 Å². The molecule has 0 aromatic heterocycles. The Morgan fingerprint density at radius 1 is 0.906 bits per heavy atom. The number of carbonyl (C=O) groups is 2. The van der Waals surface area contributed by atoms with Gasteiger partial charge >= 0.3 is 0 Å². The zero-order valence-corrected chi connectivity index (χ0v) is 19.5. The quantitative estimate of drug-likeness (QED) is 0.533. The second-order valence-corrected chi connectivity index (χ2v) is 8.44. The third-order valence-corrected chi connectivity index (χ3v) is 6.11. The molecule has 0 saturated heterocycles. The van der Waals surface area contributed by atoms with Crippen LogP contribution in [0, 0.1) is 13.8 Å². The lowest BCUT2D eigenvalue weighted by molar-refractivity contribution is -0.140. The van der Waals surface area contributed by atoms with Crippen LogP contribution in [-0.2, 0) is 29.0 Å². The summed E-state index contributed by atoms with van der Waals surface area (Å²) in [5, 5.41) is 3.31. The average Bonchev–Trinajstić information content (AvgIpc) is 2.80. The van der Waals surface area contributed by atoms with E-state index < -0.39 is 6.04 Å². The van der Waals surface area contributed by atoms with Gasteiger partial charge in [0.15, 0.2) is 0 Å². The highest BCUT2D eigenvalue weighted by molar-refractivity contribution is 6.31. The molecule has 1 unspecified atom stereocenters. The van der Waals surface area contributed by atoms with E-state index in [1.165, 1.54) is 5.56 Å². The molecule has 32 heavy (non-hydrogen) atoms. The van der Waals surface area contributed by atoms with E-state index in [-0.39, 0.29) is 24.8 Å². The van der Waals surface area contributed by atoms with Crippen LogP contribution in [0.15, 0.2) is 72.8 Å². The summed E-state index contributed by atoms with van der Waals surface area (Å²) in [4.78, 5) is 28.2. The molecule has 3 aromatic rings. The average molecular weight is 449 g/mol. The SMILES string of the molecule is CNC(=O)C(Cc1ccccc1)N(Cc1ccccc1Cl)C(=O)Cc1ccc(C)c(C)c1. The highest BCUT2D eigenvalue weighted by Crippen LogP contribution is 2.21. The van der Waals surface area contributed by atoms with E-state index in [0.29, 0.717) is 11.4 Å². The molecule has 0 bridgehead atoms. The van der Waals surface area contributed by atoms with Gasteiger partial charge in [-0.1, -0.05) is 78.3 Å². The first-order valence-electron chi connectivity index (χ1n) is 10.7. The molecule has 0 heterocycles. The summed E-state index contributed by atoms with van der Waals surface area (Å²) >= 11 is 6.41. The fourth-order valence-corrected chi connectivity index (χ4v) is 3.92. The van der Waals surface area contributed by atoms with Gasteiger partial charge in [0, 0.05) is 25.0 Å². The van der Waals surface area contributed by atoms with Crippen molar-refractivity contribution in [2.24, 2.45) is 0 Å². The standard InChI is InChI=1S/C27H29ClN2O2/c1-19-13-14-22(15-20(19)2)17-26(31)30(18-23-11-7-8-12-24(23)28)25(27(32)29-3)16-21-9-5-4-6-10-21/h4-15,25H,16-18H2,1-3H3,(H,29,32). The minimum Gasteiger partial charge on any atom is -0.357 e. The number of benzene rings is 3. The van der Waals surface area contributed by atoms with E-state index in [1.807, 2.05) is 80.6 Å². The van der Waals surface area contributed by atoms with Gasteiger partial charge in [-0.15, -0.1) is 0 Å². The summed E-state index contributed by atoms with van der Waals surface area (Å²) in [6.45, 7) is 4.34. The van der Waals surface area contributed by atoms with Crippen molar-refractivity contribution in [1.82, 2.24) is 10.2 Å². The molecule has 5 heteroatoms. The lowest BCUT2D eigenvalue weighted by atomic mass is 10.0. The van der Waals surface area contributed by atoms with Crippen LogP contribution in [-0.4, -0.2) is 29.8 Å². The molecular formula is C27H29ClN2O2. The Morgan fingerprint density at radius 2 is 1.59 bits per heavy atom. The van der Waals surface area contributed by atoms with Crippen molar-refractivity contribution in [3.05, 3.63) is 106 Å². The van der Waals surface area contributed by atoms with Gasteiger partial charge in [0.1, 0.15) is 6.04 Å². The third-order valence-electron chi connectivity index (χ3n) is 5.74. The molecule has 4 nitrogen and oxygen atoms in total. The lowest BCUT2D eigenvalue weighted by Crippen LogP contribution is -2.50. The number of rotatable bonds is 8. The molecule has 0 radical (unpaired) electrons. The number of likely N-dealkylation sites (N-methyl/N-ethyl adjacent to an activating group) is 1. The predicted molar refractivity (Wildman–Crippen MR) is 130 cm³/mol. The van der Waals surface area contributed by atoms with Crippen LogP contribution in [0.4, 0.5) is 0 Å². The molecule has 1 N–H and O–H groups in total. The van der Waals surface area contributed by atoms with Gasteiger partial charge in [-0.3, -0.25) is 9.59 Å². The second-order valence-electron chi connectivity index (χ2n) is 8.03. The lowest BCUT2D eigenvalue weighted by Gasteiger charge is -2.31. The molecule has 0 spiro atoms. The Labute approximate surface area is 195 Å². The second kappa shape index (κ2) is 11.0. The maximum absolute atomic E-state index is 13.6. The van der Waals surface area contributed by atoms with E-state index in [0.717, 1.165) is 22.3 Å². The Balaban J connectivity index is 1.96. The van der Waals surface area contributed by atoms with Crippen LogP contribution >= 0.6 is 11.6 Å². The molecule has 0 aliphatic rings. The van der Waals surface area contributed by atoms with Crippen molar-refractivity contribution >= 4 is 23.4 Å². The Morgan fingerprint density at radius 3 is 2.25 bits per heavy atom. The van der Waals surface area contributed by atoms with Crippen molar-refractivity contribution in [2.45, 2.75) is 39.3 Å². The van der Waals surface area contributed by atoms with E-state index in [2.05, 4.69) is 5.32 Å².